The van der Waals surface area contributed by atoms with Crippen LogP contribution in [0.5, 0.6) is 0 Å². The molecule has 1 spiro atoms. The van der Waals surface area contributed by atoms with E-state index in [9.17, 15) is 0 Å². The third-order valence-corrected chi connectivity index (χ3v) is 13.5. The Labute approximate surface area is 366 Å². The van der Waals surface area contributed by atoms with Crippen LogP contribution in [0.1, 0.15) is 22.3 Å². The number of nitrogens with zero attached hydrogens (tertiary/aromatic N) is 1. The zero-order chi connectivity index (χ0) is 41.5. The zero-order valence-corrected chi connectivity index (χ0v) is 34.4. The van der Waals surface area contributed by atoms with Crippen molar-refractivity contribution in [1.82, 2.24) is 0 Å². The van der Waals surface area contributed by atoms with Crippen molar-refractivity contribution in [2.45, 2.75) is 5.41 Å². The van der Waals surface area contributed by atoms with Crippen molar-refractivity contribution >= 4 is 39.0 Å². The van der Waals surface area contributed by atoms with Crippen LogP contribution >= 0.6 is 0 Å². The Hall–Kier alpha value is -8.20. The van der Waals surface area contributed by atoms with Gasteiger partial charge in [0.05, 0.1) is 11.1 Å². The maximum Gasteiger partial charge on any atom is 0.143 e. The second-order valence-electron chi connectivity index (χ2n) is 16.7. The molecule has 0 bridgehead atoms. The Kier molecular flexibility index (Phi) is 7.85. The minimum atomic E-state index is -0.613. The second-order valence-corrected chi connectivity index (χ2v) is 16.7. The lowest BCUT2D eigenvalue weighted by Crippen LogP contribution is -2.28. The molecule has 0 N–H and O–H groups in total. The fraction of sp³-hybridized carbons (Fsp3) is 0.0164. The van der Waals surface area contributed by atoms with E-state index in [1.807, 2.05) is 0 Å². The van der Waals surface area contributed by atoms with Gasteiger partial charge < -0.3 is 9.32 Å². The van der Waals surface area contributed by atoms with Crippen LogP contribution in [0.25, 0.3) is 77.6 Å². The van der Waals surface area contributed by atoms with Gasteiger partial charge in [0.25, 0.3) is 0 Å². The molecule has 294 valence electrons. The van der Waals surface area contributed by atoms with Crippen LogP contribution in [0.2, 0.25) is 0 Å². The summed E-state index contributed by atoms with van der Waals surface area (Å²) in [7, 11) is 0. The van der Waals surface area contributed by atoms with E-state index in [4.69, 9.17) is 4.42 Å². The van der Waals surface area contributed by atoms with E-state index in [0.717, 1.165) is 50.1 Å². The van der Waals surface area contributed by atoms with E-state index in [0.29, 0.717) is 0 Å². The molecular formula is C61H39NO. The van der Waals surface area contributed by atoms with E-state index in [2.05, 4.69) is 241 Å². The fourth-order valence-corrected chi connectivity index (χ4v) is 10.9. The first-order chi connectivity index (χ1) is 31.3. The fourth-order valence-electron chi connectivity index (χ4n) is 10.9. The van der Waals surface area contributed by atoms with Crippen molar-refractivity contribution in [3.63, 3.8) is 0 Å². The van der Waals surface area contributed by atoms with Gasteiger partial charge in [-0.1, -0.05) is 200 Å². The second kappa shape index (κ2) is 13.9. The van der Waals surface area contributed by atoms with Crippen LogP contribution in [-0.4, -0.2) is 0 Å². The SMILES string of the molecule is c1ccc(-c2ccc(N(c3ccc(-c4ccccc4)cc3)c3ccc(-c4cccc5c4oc4ccccc45)c4c3C3(c5ccccc5-c5ccccc53)c3ccccc3-4)cc2)cc1. The summed E-state index contributed by atoms with van der Waals surface area (Å²) in [4.78, 5) is 2.49. The maximum absolute atomic E-state index is 6.82. The highest BCUT2D eigenvalue weighted by atomic mass is 16.3. The Morgan fingerprint density at radius 2 is 0.778 bits per heavy atom. The summed E-state index contributed by atoms with van der Waals surface area (Å²) in [6, 6.07) is 86.5. The van der Waals surface area contributed by atoms with Crippen LogP contribution < -0.4 is 4.90 Å². The largest absolute Gasteiger partial charge is 0.455 e. The lowest BCUT2D eigenvalue weighted by molar-refractivity contribution is 0.670. The first kappa shape index (κ1) is 35.5. The van der Waals surface area contributed by atoms with Gasteiger partial charge in [-0.05, 0) is 103 Å². The Morgan fingerprint density at radius 3 is 1.38 bits per heavy atom. The van der Waals surface area contributed by atoms with Gasteiger partial charge in [-0.3, -0.25) is 0 Å². The summed E-state index contributed by atoms with van der Waals surface area (Å²) in [6.45, 7) is 0. The highest BCUT2D eigenvalue weighted by Crippen LogP contribution is 2.67. The molecule has 0 amide bonds. The molecule has 11 aromatic rings. The predicted molar refractivity (Wildman–Crippen MR) is 261 cm³/mol. The van der Waals surface area contributed by atoms with Gasteiger partial charge in [-0.25, -0.2) is 0 Å². The molecule has 10 aromatic carbocycles. The third-order valence-electron chi connectivity index (χ3n) is 13.5. The van der Waals surface area contributed by atoms with Gasteiger partial charge >= 0.3 is 0 Å². The van der Waals surface area contributed by atoms with Crippen molar-refractivity contribution in [2.24, 2.45) is 0 Å². The molecule has 2 heteroatoms. The number of para-hydroxylation sites is 2. The lowest BCUT2D eigenvalue weighted by Gasteiger charge is -2.36. The summed E-state index contributed by atoms with van der Waals surface area (Å²) in [5, 5.41) is 2.25. The summed E-state index contributed by atoms with van der Waals surface area (Å²) in [6.07, 6.45) is 0. The average molecular weight is 802 g/mol. The summed E-state index contributed by atoms with van der Waals surface area (Å²) < 4.78 is 6.82. The molecule has 0 atom stereocenters. The average Bonchev–Trinajstić information content (AvgIpc) is 4.00. The molecule has 2 nitrogen and oxygen atoms in total. The third kappa shape index (κ3) is 5.19. The van der Waals surface area contributed by atoms with E-state index >= 15 is 0 Å². The highest BCUT2D eigenvalue weighted by molar-refractivity contribution is 6.12. The quantitative estimate of drug-likeness (QED) is 0.167. The van der Waals surface area contributed by atoms with Crippen molar-refractivity contribution in [1.29, 1.82) is 0 Å². The summed E-state index contributed by atoms with van der Waals surface area (Å²) in [5.41, 5.74) is 21.7. The maximum atomic E-state index is 6.82. The lowest BCUT2D eigenvalue weighted by atomic mass is 9.69. The Balaban J connectivity index is 1.15. The van der Waals surface area contributed by atoms with Crippen LogP contribution in [-0.2, 0) is 5.41 Å². The molecule has 63 heavy (non-hydrogen) atoms. The molecular weight excluding hydrogens is 763 g/mol. The van der Waals surface area contributed by atoms with E-state index in [1.165, 1.54) is 66.8 Å². The van der Waals surface area contributed by atoms with Gasteiger partial charge in [-0.2, -0.15) is 0 Å². The molecule has 0 unspecified atom stereocenters. The number of hydrogen-bond acceptors (Lipinski definition) is 2. The Morgan fingerprint density at radius 1 is 0.317 bits per heavy atom. The first-order valence-corrected chi connectivity index (χ1v) is 21.8. The van der Waals surface area contributed by atoms with Crippen LogP contribution in [0.4, 0.5) is 17.1 Å². The van der Waals surface area contributed by atoms with E-state index < -0.39 is 5.41 Å². The standard InChI is InChI=1S/C61H39NO/c1-3-16-40(17-4-1)42-30-34-44(35-31-42)62(45-36-32-43(33-37-45)41-18-5-2-6-19-41)56-39-38-49(51-25-15-24-50-48-22-10-14-29-57(48)63-60(50)51)58-52-23-9-13-28-55(52)61(59(56)58)53-26-11-7-20-46(53)47-21-8-12-27-54(47)61/h1-39H. The van der Waals surface area contributed by atoms with Crippen molar-refractivity contribution in [3.05, 3.63) is 259 Å². The van der Waals surface area contributed by atoms with Crippen molar-refractivity contribution < 1.29 is 4.42 Å². The van der Waals surface area contributed by atoms with Gasteiger partial charge in [0, 0.05) is 33.3 Å². The van der Waals surface area contributed by atoms with E-state index in [-0.39, 0.29) is 0 Å². The Bertz CT molecular complexity index is 3420. The van der Waals surface area contributed by atoms with Gasteiger partial charge in [0.2, 0.25) is 0 Å². The smallest absolute Gasteiger partial charge is 0.143 e. The summed E-state index contributed by atoms with van der Waals surface area (Å²) >= 11 is 0. The minimum Gasteiger partial charge on any atom is -0.455 e. The normalized spacial score (nSPS) is 12.9. The predicted octanol–water partition coefficient (Wildman–Crippen LogP) is 16.4. The molecule has 0 aliphatic heterocycles. The molecule has 0 fully saturated rings. The zero-order valence-electron chi connectivity index (χ0n) is 34.4. The summed E-state index contributed by atoms with van der Waals surface area (Å²) in [5.74, 6) is 0. The van der Waals surface area contributed by atoms with Gasteiger partial charge in [-0.15, -0.1) is 0 Å². The van der Waals surface area contributed by atoms with Crippen LogP contribution in [0.3, 0.4) is 0 Å². The number of anilines is 3. The number of rotatable bonds is 6. The van der Waals surface area contributed by atoms with Crippen LogP contribution in [0, 0.1) is 0 Å². The van der Waals surface area contributed by atoms with Gasteiger partial charge in [0.15, 0.2) is 0 Å². The molecule has 2 aliphatic carbocycles. The number of furan rings is 1. The highest BCUT2D eigenvalue weighted by Gasteiger charge is 2.54. The first-order valence-electron chi connectivity index (χ1n) is 21.8. The number of fused-ring (bicyclic) bond motifs is 13. The van der Waals surface area contributed by atoms with Crippen molar-refractivity contribution in [3.8, 4) is 55.6 Å². The van der Waals surface area contributed by atoms with E-state index in [1.54, 1.807) is 0 Å². The molecule has 0 saturated heterocycles. The molecule has 13 rings (SSSR count). The molecule has 0 saturated carbocycles. The number of hydrogen-bond donors (Lipinski definition) is 0. The monoisotopic (exact) mass is 801 g/mol. The topological polar surface area (TPSA) is 16.4 Å². The molecule has 1 heterocycles. The minimum absolute atomic E-state index is 0.613. The van der Waals surface area contributed by atoms with Crippen LogP contribution in [0.15, 0.2) is 241 Å². The van der Waals surface area contributed by atoms with Crippen molar-refractivity contribution in [2.75, 3.05) is 4.90 Å². The molecule has 0 radical (unpaired) electrons. The van der Waals surface area contributed by atoms with Gasteiger partial charge in [0.1, 0.15) is 11.2 Å². The number of benzene rings is 10. The molecule has 2 aliphatic rings. The molecule has 1 aromatic heterocycles.